The van der Waals surface area contributed by atoms with Crippen LogP contribution in [0.3, 0.4) is 0 Å². The topological polar surface area (TPSA) is 88.1 Å². The Balaban J connectivity index is 2.73. The van der Waals surface area contributed by atoms with Gasteiger partial charge in [0.25, 0.3) is 0 Å². The lowest BCUT2D eigenvalue weighted by atomic mass is 9.90. The highest BCUT2D eigenvalue weighted by atomic mass is 32.2. The molecule has 0 bridgehead atoms. The van der Waals surface area contributed by atoms with Crippen molar-refractivity contribution in [1.82, 2.24) is 9.62 Å². The molecule has 1 amide bonds. The van der Waals surface area contributed by atoms with E-state index in [0.717, 1.165) is 25.9 Å². The third-order valence-corrected chi connectivity index (χ3v) is 5.91. The van der Waals surface area contributed by atoms with E-state index in [9.17, 15) is 14.7 Å². The molecule has 0 saturated carbocycles. The Morgan fingerprint density at radius 2 is 1.83 bits per heavy atom. The number of amides is 1. The first kappa shape index (κ1) is 20.9. The van der Waals surface area contributed by atoms with E-state index in [4.69, 9.17) is 9.47 Å². The normalized spacial score (nSPS) is 20.0. The number of nitrogens with one attached hydrogen (secondary N) is 1. The number of carbonyl (C=O) groups is 2. The lowest BCUT2D eigenvalue weighted by Gasteiger charge is -2.36. The van der Waals surface area contributed by atoms with Crippen molar-refractivity contribution in [1.29, 1.82) is 0 Å². The summed E-state index contributed by atoms with van der Waals surface area (Å²) in [5.41, 5.74) is -0.626. The first-order valence-electron chi connectivity index (χ1n) is 8.06. The second kappa shape index (κ2) is 8.82. The van der Waals surface area contributed by atoms with Gasteiger partial charge in [0.05, 0.1) is 12.2 Å². The molecule has 1 fully saturated rings. The smallest absolute Gasteiger partial charge is 0.408 e. The second-order valence-electron chi connectivity index (χ2n) is 6.91. The van der Waals surface area contributed by atoms with Crippen molar-refractivity contribution >= 4 is 27.8 Å². The average Bonchev–Trinajstić information content (AvgIpc) is 2.49. The minimum Gasteiger partial charge on any atom is -0.467 e. The number of esters is 1. The molecule has 0 aromatic rings. The van der Waals surface area contributed by atoms with Crippen LogP contribution in [-0.2, 0) is 14.3 Å². The van der Waals surface area contributed by atoms with Gasteiger partial charge in [0, 0.05) is 13.1 Å². The Morgan fingerprint density at radius 3 is 2.25 bits per heavy atom. The molecular weight excluding hydrogens is 332 g/mol. The lowest BCUT2D eigenvalue weighted by Crippen LogP contribution is -2.50. The summed E-state index contributed by atoms with van der Waals surface area (Å²) in [4.78, 5) is 24.1. The van der Waals surface area contributed by atoms with Crippen LogP contribution in [-0.4, -0.2) is 64.6 Å². The summed E-state index contributed by atoms with van der Waals surface area (Å²) >= 11 is 0. The van der Waals surface area contributed by atoms with E-state index in [-0.39, 0.29) is 16.6 Å². The molecule has 0 radical (unpaired) electrons. The van der Waals surface area contributed by atoms with Gasteiger partial charge in [0.2, 0.25) is 0 Å². The standard InChI is InChI=1S/C16H30N2O5S/c1-11(19)24(6)18-9-7-12(8-10-18)13(14(20)22-5)17-15(21)23-16(2,3)4/h12-13,19H,7-10H2,1-6H3,(H,17,21). The van der Waals surface area contributed by atoms with Crippen LogP contribution in [0.4, 0.5) is 4.79 Å². The molecule has 0 aromatic carbocycles. The van der Waals surface area contributed by atoms with Crippen molar-refractivity contribution in [3.05, 3.63) is 0 Å². The highest BCUT2D eigenvalue weighted by molar-refractivity contribution is 8.13. The maximum Gasteiger partial charge on any atom is 0.408 e. The average molecular weight is 362 g/mol. The van der Waals surface area contributed by atoms with Crippen molar-refractivity contribution in [2.45, 2.75) is 52.2 Å². The molecule has 2 N–H and O–H groups in total. The molecule has 0 aliphatic carbocycles. The number of ether oxygens (including phenoxy) is 2. The number of hydrogen-bond acceptors (Lipinski definition) is 5. The molecule has 24 heavy (non-hydrogen) atoms. The molecule has 8 heteroatoms. The van der Waals surface area contributed by atoms with Gasteiger partial charge in [-0.15, -0.1) is 0 Å². The molecular formula is C16H30N2O5S. The number of rotatable bonds is 4. The minimum atomic E-state index is -0.718. The number of methoxy groups -OCH3 is 1. The summed E-state index contributed by atoms with van der Waals surface area (Å²) < 4.78 is 12.3. The molecule has 1 rings (SSSR count). The highest BCUT2D eigenvalue weighted by Gasteiger charge is 2.34. The SMILES string of the molecule is COC(=O)C(NC(=O)OC(C)(C)C)C1CCN(/S(C)=C(\C)O)CC1. The van der Waals surface area contributed by atoms with E-state index >= 15 is 0 Å². The maximum absolute atomic E-state index is 12.1. The first-order chi connectivity index (χ1) is 11.0. The quantitative estimate of drug-likeness (QED) is 0.589. The fraction of sp³-hybridized carbons (Fsp3) is 0.812. The Kier molecular flexibility index (Phi) is 7.69. The number of carbonyl (C=O) groups excluding carboxylic acids is 2. The largest absolute Gasteiger partial charge is 0.467 e. The molecule has 0 aromatic heterocycles. The third-order valence-electron chi connectivity index (χ3n) is 3.91. The number of aliphatic hydroxyl groups excluding tert-OH is 1. The van der Waals surface area contributed by atoms with Crippen molar-refractivity contribution in [3.8, 4) is 0 Å². The summed E-state index contributed by atoms with van der Waals surface area (Å²) in [5, 5.41) is 12.7. The summed E-state index contributed by atoms with van der Waals surface area (Å²) in [6, 6.07) is -0.718. The van der Waals surface area contributed by atoms with E-state index in [1.54, 1.807) is 27.7 Å². The Hall–Kier alpha value is -1.12. The van der Waals surface area contributed by atoms with Crippen molar-refractivity contribution in [2.75, 3.05) is 26.5 Å². The van der Waals surface area contributed by atoms with Crippen molar-refractivity contribution in [3.63, 3.8) is 0 Å². The number of aliphatic hydroxyl groups is 1. The van der Waals surface area contributed by atoms with Crippen LogP contribution >= 0.6 is 10.7 Å². The van der Waals surface area contributed by atoms with E-state index in [1.807, 2.05) is 6.26 Å². The number of piperidine rings is 1. The summed E-state index contributed by atoms with van der Waals surface area (Å²) in [7, 11) is 1.02. The predicted octanol–water partition coefficient (Wildman–Crippen LogP) is 2.29. The molecule has 2 atom stereocenters. The zero-order chi connectivity index (χ0) is 18.5. The Labute approximate surface area is 146 Å². The monoisotopic (exact) mass is 362 g/mol. The van der Waals surface area contributed by atoms with Crippen LogP contribution in [0.1, 0.15) is 40.5 Å². The van der Waals surface area contributed by atoms with Gasteiger partial charge in [0.15, 0.2) is 0 Å². The molecule has 0 spiro atoms. The predicted molar refractivity (Wildman–Crippen MR) is 96.3 cm³/mol. The third kappa shape index (κ3) is 6.41. The van der Waals surface area contributed by atoms with Crippen LogP contribution in [0.15, 0.2) is 0 Å². The van der Waals surface area contributed by atoms with Gasteiger partial charge in [-0.3, -0.25) is 4.31 Å². The van der Waals surface area contributed by atoms with Crippen LogP contribution in [0, 0.1) is 5.92 Å². The highest BCUT2D eigenvalue weighted by Crippen LogP contribution is 2.28. The molecule has 2 unspecified atom stereocenters. The minimum absolute atomic E-state index is 0.0165. The van der Waals surface area contributed by atoms with Gasteiger partial charge in [-0.1, -0.05) is 10.7 Å². The summed E-state index contributed by atoms with van der Waals surface area (Å²) in [5.74, 6) is -0.475. The van der Waals surface area contributed by atoms with Crippen LogP contribution in [0.25, 0.3) is 0 Å². The fourth-order valence-corrected chi connectivity index (χ4v) is 3.73. The van der Waals surface area contributed by atoms with E-state index in [0.29, 0.717) is 5.05 Å². The molecule has 1 aliphatic rings. The molecule has 1 aliphatic heterocycles. The van der Waals surface area contributed by atoms with Gasteiger partial charge < -0.3 is 19.9 Å². The molecule has 1 saturated heterocycles. The van der Waals surface area contributed by atoms with E-state index in [1.165, 1.54) is 7.11 Å². The lowest BCUT2D eigenvalue weighted by molar-refractivity contribution is -0.145. The maximum atomic E-state index is 12.1. The van der Waals surface area contributed by atoms with Gasteiger partial charge in [-0.05, 0) is 52.7 Å². The fourth-order valence-electron chi connectivity index (χ4n) is 2.60. The summed E-state index contributed by atoms with van der Waals surface area (Å²) in [6.07, 6.45) is 2.84. The Morgan fingerprint density at radius 1 is 1.29 bits per heavy atom. The zero-order valence-electron chi connectivity index (χ0n) is 15.4. The van der Waals surface area contributed by atoms with Gasteiger partial charge in [0.1, 0.15) is 11.6 Å². The van der Waals surface area contributed by atoms with Crippen molar-refractivity contribution in [2.24, 2.45) is 5.92 Å². The second-order valence-corrected chi connectivity index (χ2v) is 8.97. The molecule has 140 valence electrons. The van der Waals surface area contributed by atoms with Crippen molar-refractivity contribution < 1.29 is 24.2 Å². The first-order valence-corrected chi connectivity index (χ1v) is 9.65. The summed E-state index contributed by atoms with van der Waals surface area (Å²) in [6.45, 7) is 8.53. The van der Waals surface area contributed by atoms with Gasteiger partial charge >= 0.3 is 12.1 Å². The van der Waals surface area contributed by atoms with Gasteiger partial charge in [-0.25, -0.2) is 9.59 Å². The van der Waals surface area contributed by atoms with Crippen LogP contribution in [0.5, 0.6) is 0 Å². The molecule has 7 nitrogen and oxygen atoms in total. The number of nitrogens with zero attached hydrogens (tertiary/aromatic N) is 1. The Bertz CT molecular complexity index is 489. The van der Waals surface area contributed by atoms with Crippen LogP contribution < -0.4 is 5.32 Å². The van der Waals surface area contributed by atoms with Crippen LogP contribution in [0.2, 0.25) is 0 Å². The van der Waals surface area contributed by atoms with E-state index in [2.05, 4.69) is 9.62 Å². The van der Waals surface area contributed by atoms with Gasteiger partial charge in [-0.2, -0.15) is 0 Å². The number of hydrogen-bond donors (Lipinski definition) is 2. The zero-order valence-corrected chi connectivity index (χ0v) is 16.2. The molecule has 1 heterocycles. The van der Waals surface area contributed by atoms with E-state index < -0.39 is 23.7 Å². The number of alkyl carbamates (subject to hydrolysis) is 1.